The lowest BCUT2D eigenvalue weighted by Gasteiger charge is -2.36. The third-order valence-electron chi connectivity index (χ3n) is 5.83. The van der Waals surface area contributed by atoms with Crippen LogP contribution in [0.1, 0.15) is 22.5 Å². The third-order valence-corrected chi connectivity index (χ3v) is 7.73. The predicted octanol–water partition coefficient (Wildman–Crippen LogP) is 3.99. The Labute approximate surface area is 197 Å². The number of nitrogens with zero attached hydrogens (tertiary/aromatic N) is 2. The van der Waals surface area contributed by atoms with Gasteiger partial charge in [0.2, 0.25) is 10.0 Å². The van der Waals surface area contributed by atoms with Crippen LogP contribution in [0.25, 0.3) is 11.1 Å². The lowest BCUT2D eigenvalue weighted by atomic mass is 10.1. The van der Waals surface area contributed by atoms with E-state index in [1.165, 1.54) is 35.6 Å². The van der Waals surface area contributed by atoms with Crippen LogP contribution in [0.2, 0.25) is 0 Å². The number of sulfonamides is 1. The second-order valence-corrected chi connectivity index (χ2v) is 10.6. The van der Waals surface area contributed by atoms with Crippen LogP contribution in [0.4, 0.5) is 10.1 Å². The zero-order valence-electron chi connectivity index (χ0n) is 18.1. The van der Waals surface area contributed by atoms with E-state index in [4.69, 9.17) is 5.14 Å². The maximum absolute atomic E-state index is 13.1. The summed E-state index contributed by atoms with van der Waals surface area (Å²) < 4.78 is 35.9. The van der Waals surface area contributed by atoms with Crippen molar-refractivity contribution in [2.75, 3.05) is 37.6 Å². The number of benzene rings is 2. The number of anilines is 1. The van der Waals surface area contributed by atoms with Gasteiger partial charge in [-0.15, -0.1) is 11.3 Å². The molecule has 33 heavy (non-hydrogen) atoms. The highest BCUT2D eigenvalue weighted by Crippen LogP contribution is 2.27. The van der Waals surface area contributed by atoms with Gasteiger partial charge in [-0.1, -0.05) is 12.1 Å². The topological polar surface area (TPSA) is 83.7 Å². The van der Waals surface area contributed by atoms with Crippen molar-refractivity contribution in [1.82, 2.24) is 4.90 Å². The normalized spacial score (nSPS) is 15.0. The molecule has 1 fully saturated rings. The maximum Gasteiger partial charge on any atom is 0.238 e. The lowest BCUT2D eigenvalue weighted by molar-refractivity contribution is 0.0978. The summed E-state index contributed by atoms with van der Waals surface area (Å²) in [5, 5.41) is 7.05. The van der Waals surface area contributed by atoms with Gasteiger partial charge in [0, 0.05) is 38.3 Å². The van der Waals surface area contributed by atoms with Crippen molar-refractivity contribution < 1.29 is 17.6 Å². The monoisotopic (exact) mass is 487 g/mol. The molecule has 0 atom stereocenters. The fourth-order valence-corrected chi connectivity index (χ4v) is 5.34. The molecule has 0 radical (unpaired) electrons. The Balaban J connectivity index is 1.24. The average Bonchev–Trinajstić information content (AvgIpc) is 3.30. The van der Waals surface area contributed by atoms with E-state index in [9.17, 15) is 17.6 Å². The quantitative estimate of drug-likeness (QED) is 0.486. The van der Waals surface area contributed by atoms with Gasteiger partial charge in [-0.3, -0.25) is 9.69 Å². The van der Waals surface area contributed by atoms with Gasteiger partial charge < -0.3 is 4.90 Å². The van der Waals surface area contributed by atoms with Gasteiger partial charge in [-0.05, 0) is 71.9 Å². The standard InChI is InChI=1S/C24H26FN3O3S2/c25-20-5-7-21(8-6-20)28-14-12-27(13-15-28)11-1-2-23(29)24-16-19(17-32-24)18-3-9-22(10-4-18)33(26,30)31/h3-10,16-17H,1-2,11-15H2,(H2,26,30,31). The molecule has 1 aromatic heterocycles. The highest BCUT2D eigenvalue weighted by Gasteiger charge is 2.18. The molecule has 0 spiro atoms. The van der Waals surface area contributed by atoms with Crippen LogP contribution in [0, 0.1) is 5.82 Å². The summed E-state index contributed by atoms with van der Waals surface area (Å²) in [6, 6.07) is 14.8. The summed E-state index contributed by atoms with van der Waals surface area (Å²) in [5.74, 6) is -0.0998. The molecular formula is C24H26FN3O3S2. The van der Waals surface area contributed by atoms with Crippen LogP contribution < -0.4 is 10.0 Å². The van der Waals surface area contributed by atoms with E-state index in [1.807, 2.05) is 23.6 Å². The van der Waals surface area contributed by atoms with Crippen LogP contribution in [0.5, 0.6) is 0 Å². The van der Waals surface area contributed by atoms with E-state index >= 15 is 0 Å². The molecule has 1 aliphatic rings. The van der Waals surface area contributed by atoms with Crippen molar-refractivity contribution in [3.63, 3.8) is 0 Å². The van der Waals surface area contributed by atoms with Crippen LogP contribution >= 0.6 is 11.3 Å². The Bertz CT molecular complexity index is 1200. The van der Waals surface area contributed by atoms with Crippen LogP contribution in [-0.4, -0.2) is 51.8 Å². The molecule has 3 aromatic rings. The minimum Gasteiger partial charge on any atom is -0.369 e. The van der Waals surface area contributed by atoms with E-state index < -0.39 is 10.0 Å². The molecule has 0 bridgehead atoms. The molecule has 2 N–H and O–H groups in total. The van der Waals surface area contributed by atoms with E-state index in [2.05, 4.69) is 9.80 Å². The summed E-state index contributed by atoms with van der Waals surface area (Å²) >= 11 is 1.41. The minimum absolute atomic E-state index is 0.0660. The Hall–Kier alpha value is -2.59. The number of rotatable bonds is 8. The first-order valence-corrected chi connectivity index (χ1v) is 13.2. The van der Waals surface area contributed by atoms with Crippen LogP contribution in [0.3, 0.4) is 0 Å². The van der Waals surface area contributed by atoms with E-state index in [1.54, 1.807) is 12.1 Å². The fraction of sp³-hybridized carbons (Fsp3) is 0.292. The molecule has 1 saturated heterocycles. The van der Waals surface area contributed by atoms with E-state index in [-0.39, 0.29) is 16.5 Å². The minimum atomic E-state index is -3.72. The number of halogens is 1. The van der Waals surface area contributed by atoms with Gasteiger partial charge in [-0.2, -0.15) is 0 Å². The van der Waals surface area contributed by atoms with Crippen molar-refractivity contribution in [2.24, 2.45) is 5.14 Å². The van der Waals surface area contributed by atoms with Crippen LogP contribution in [0.15, 0.2) is 64.9 Å². The molecule has 174 valence electrons. The summed E-state index contributed by atoms with van der Waals surface area (Å²) in [5.41, 5.74) is 2.77. The Morgan fingerprint density at radius 1 is 0.970 bits per heavy atom. The second kappa shape index (κ2) is 10.1. The third kappa shape index (κ3) is 6.05. The van der Waals surface area contributed by atoms with E-state index in [0.29, 0.717) is 11.3 Å². The Morgan fingerprint density at radius 2 is 1.64 bits per heavy atom. The molecule has 0 unspecified atom stereocenters. The molecule has 6 nitrogen and oxygen atoms in total. The second-order valence-electron chi connectivity index (χ2n) is 8.10. The number of carbonyl (C=O) groups is 1. The molecule has 0 amide bonds. The molecule has 9 heteroatoms. The van der Waals surface area contributed by atoms with Gasteiger partial charge in [0.15, 0.2) is 5.78 Å². The van der Waals surface area contributed by atoms with Gasteiger partial charge in [-0.25, -0.2) is 17.9 Å². The van der Waals surface area contributed by atoms with Crippen molar-refractivity contribution >= 4 is 32.8 Å². The van der Waals surface area contributed by atoms with Crippen molar-refractivity contribution in [3.05, 3.63) is 70.7 Å². The van der Waals surface area contributed by atoms with Crippen molar-refractivity contribution in [3.8, 4) is 11.1 Å². The van der Waals surface area contributed by atoms with Gasteiger partial charge in [0.05, 0.1) is 9.77 Å². The smallest absolute Gasteiger partial charge is 0.238 e. The zero-order chi connectivity index (χ0) is 23.4. The van der Waals surface area contributed by atoms with Crippen LogP contribution in [-0.2, 0) is 10.0 Å². The zero-order valence-corrected chi connectivity index (χ0v) is 19.7. The lowest BCUT2D eigenvalue weighted by Crippen LogP contribution is -2.46. The molecule has 2 heterocycles. The van der Waals surface area contributed by atoms with Crippen molar-refractivity contribution in [1.29, 1.82) is 0 Å². The number of hydrogen-bond acceptors (Lipinski definition) is 6. The number of hydrogen-bond donors (Lipinski definition) is 1. The maximum atomic E-state index is 13.1. The van der Waals surface area contributed by atoms with Gasteiger partial charge in [0.1, 0.15) is 5.82 Å². The molecule has 2 aromatic carbocycles. The van der Waals surface area contributed by atoms with Gasteiger partial charge >= 0.3 is 0 Å². The summed E-state index contributed by atoms with van der Waals surface area (Å²) in [4.78, 5) is 18.0. The molecule has 0 aliphatic carbocycles. The largest absolute Gasteiger partial charge is 0.369 e. The number of ketones is 1. The highest BCUT2D eigenvalue weighted by atomic mass is 32.2. The number of thiophene rings is 1. The first-order chi connectivity index (χ1) is 15.8. The Morgan fingerprint density at radius 3 is 2.27 bits per heavy atom. The highest BCUT2D eigenvalue weighted by molar-refractivity contribution is 7.89. The SMILES string of the molecule is NS(=O)(=O)c1ccc(-c2csc(C(=O)CCCN3CCN(c4ccc(F)cc4)CC3)c2)cc1. The summed E-state index contributed by atoms with van der Waals surface area (Å²) in [6.45, 7) is 4.49. The molecular weight excluding hydrogens is 461 g/mol. The number of Topliss-reactive ketones (excluding diaryl/α,β-unsaturated/α-hetero) is 1. The van der Waals surface area contributed by atoms with Gasteiger partial charge in [0.25, 0.3) is 0 Å². The number of nitrogens with two attached hydrogens (primary N) is 1. The molecule has 0 saturated carbocycles. The first-order valence-electron chi connectivity index (χ1n) is 10.8. The Kier molecular flexibility index (Phi) is 7.23. The summed E-state index contributed by atoms with van der Waals surface area (Å²) in [6.07, 6.45) is 1.29. The average molecular weight is 488 g/mol. The molecule has 4 rings (SSSR count). The number of primary sulfonamides is 1. The van der Waals surface area contributed by atoms with E-state index in [0.717, 1.165) is 56.0 Å². The fourth-order valence-electron chi connectivity index (χ4n) is 3.94. The summed E-state index contributed by atoms with van der Waals surface area (Å²) in [7, 11) is -3.72. The molecule has 1 aliphatic heterocycles. The van der Waals surface area contributed by atoms with Crippen molar-refractivity contribution in [2.45, 2.75) is 17.7 Å². The number of carbonyl (C=O) groups excluding carboxylic acids is 1. The predicted molar refractivity (Wildman–Crippen MR) is 130 cm³/mol. The number of piperazine rings is 1. The first kappa shape index (κ1) is 23.6.